The second-order valence-electron chi connectivity index (χ2n) is 4.29. The molecule has 18 heavy (non-hydrogen) atoms. The van der Waals surface area contributed by atoms with Crippen LogP contribution >= 0.6 is 11.8 Å². The molecular formula is C13H20N2O2S. The van der Waals surface area contributed by atoms with E-state index in [2.05, 4.69) is 5.32 Å². The minimum absolute atomic E-state index is 0.0596. The molecule has 0 unspecified atom stereocenters. The summed E-state index contributed by atoms with van der Waals surface area (Å²) in [6.07, 6.45) is 0. The molecule has 0 saturated heterocycles. The molecule has 5 heteroatoms. The van der Waals surface area contributed by atoms with Crippen LogP contribution in [0.4, 0.5) is 5.69 Å². The van der Waals surface area contributed by atoms with Crippen LogP contribution in [-0.4, -0.2) is 24.8 Å². The Hall–Kier alpha value is -1.36. The van der Waals surface area contributed by atoms with Crippen LogP contribution in [0.3, 0.4) is 0 Å². The van der Waals surface area contributed by atoms with E-state index in [4.69, 9.17) is 10.5 Å². The number of anilines is 1. The first-order chi connectivity index (χ1) is 8.52. The zero-order chi connectivity index (χ0) is 13.5. The largest absolute Gasteiger partial charge is 0.496 e. The van der Waals surface area contributed by atoms with Crippen LogP contribution in [0.1, 0.15) is 19.4 Å². The number of carbonyl (C=O) groups is 1. The van der Waals surface area contributed by atoms with E-state index in [0.717, 1.165) is 17.1 Å². The maximum absolute atomic E-state index is 11.5. The molecule has 0 aliphatic carbocycles. The summed E-state index contributed by atoms with van der Waals surface area (Å²) in [5.74, 6) is 2.01. The van der Waals surface area contributed by atoms with Crippen LogP contribution in [-0.2, 0) is 10.5 Å². The van der Waals surface area contributed by atoms with Crippen LogP contribution < -0.4 is 15.8 Å². The summed E-state index contributed by atoms with van der Waals surface area (Å²) in [7, 11) is 1.62. The quantitative estimate of drug-likeness (QED) is 0.775. The number of amides is 1. The number of nitrogens with two attached hydrogens (primary N) is 1. The van der Waals surface area contributed by atoms with E-state index in [9.17, 15) is 4.79 Å². The summed E-state index contributed by atoms with van der Waals surface area (Å²) in [5.41, 5.74) is 7.41. The zero-order valence-corrected chi connectivity index (χ0v) is 11.8. The number of carbonyl (C=O) groups excluding carboxylic acids is 1. The Morgan fingerprint density at radius 1 is 1.50 bits per heavy atom. The van der Waals surface area contributed by atoms with Crippen molar-refractivity contribution in [1.29, 1.82) is 0 Å². The number of nitrogen functional groups attached to an aromatic ring is 1. The Morgan fingerprint density at radius 3 is 2.83 bits per heavy atom. The van der Waals surface area contributed by atoms with E-state index in [-0.39, 0.29) is 11.9 Å². The second-order valence-corrected chi connectivity index (χ2v) is 5.27. The third-order valence-electron chi connectivity index (χ3n) is 2.25. The Morgan fingerprint density at radius 2 is 2.22 bits per heavy atom. The van der Waals surface area contributed by atoms with Gasteiger partial charge in [-0.15, -0.1) is 11.8 Å². The Kier molecular flexibility index (Phi) is 5.85. The molecule has 1 rings (SSSR count). The molecule has 0 aliphatic rings. The number of nitrogens with one attached hydrogen (secondary N) is 1. The van der Waals surface area contributed by atoms with Crippen molar-refractivity contribution >= 4 is 23.4 Å². The first-order valence-electron chi connectivity index (χ1n) is 5.82. The predicted octanol–water partition coefficient (Wildman–Crippen LogP) is 2.04. The lowest BCUT2D eigenvalue weighted by Gasteiger charge is -2.10. The Bertz CT molecular complexity index is 408. The third kappa shape index (κ3) is 4.87. The first kappa shape index (κ1) is 14.7. The fourth-order valence-electron chi connectivity index (χ4n) is 1.50. The van der Waals surface area contributed by atoms with Crippen LogP contribution in [0.25, 0.3) is 0 Å². The van der Waals surface area contributed by atoms with Crippen molar-refractivity contribution in [2.45, 2.75) is 25.6 Å². The highest BCUT2D eigenvalue weighted by atomic mass is 32.2. The summed E-state index contributed by atoms with van der Waals surface area (Å²) in [6.45, 7) is 3.90. The van der Waals surface area contributed by atoms with Crippen molar-refractivity contribution in [3.63, 3.8) is 0 Å². The van der Waals surface area contributed by atoms with Gasteiger partial charge in [0.2, 0.25) is 5.91 Å². The van der Waals surface area contributed by atoms with Crippen molar-refractivity contribution in [2.24, 2.45) is 0 Å². The first-order valence-corrected chi connectivity index (χ1v) is 6.98. The SMILES string of the molecule is COc1cc(N)ccc1CSCC(=O)NC(C)C. The smallest absolute Gasteiger partial charge is 0.230 e. The van der Waals surface area contributed by atoms with E-state index in [1.807, 2.05) is 26.0 Å². The van der Waals surface area contributed by atoms with E-state index in [1.54, 1.807) is 24.9 Å². The van der Waals surface area contributed by atoms with Crippen molar-refractivity contribution in [3.05, 3.63) is 23.8 Å². The lowest BCUT2D eigenvalue weighted by Crippen LogP contribution is -2.31. The molecule has 0 atom stereocenters. The molecule has 0 bridgehead atoms. The molecule has 0 fully saturated rings. The lowest BCUT2D eigenvalue weighted by atomic mass is 10.2. The normalized spacial score (nSPS) is 10.4. The number of rotatable bonds is 6. The summed E-state index contributed by atoms with van der Waals surface area (Å²) >= 11 is 1.56. The van der Waals surface area contributed by atoms with Crippen LogP contribution in [0.5, 0.6) is 5.75 Å². The summed E-state index contributed by atoms with van der Waals surface area (Å²) in [4.78, 5) is 11.5. The predicted molar refractivity (Wildman–Crippen MR) is 76.8 cm³/mol. The van der Waals surface area contributed by atoms with Gasteiger partial charge < -0.3 is 15.8 Å². The van der Waals surface area contributed by atoms with E-state index in [0.29, 0.717) is 11.4 Å². The number of ether oxygens (including phenoxy) is 1. The average molecular weight is 268 g/mol. The van der Waals surface area contributed by atoms with Gasteiger partial charge in [-0.1, -0.05) is 6.07 Å². The summed E-state index contributed by atoms with van der Waals surface area (Å²) < 4.78 is 5.25. The molecule has 0 aliphatic heterocycles. The fraction of sp³-hybridized carbons (Fsp3) is 0.462. The third-order valence-corrected chi connectivity index (χ3v) is 3.23. The van der Waals surface area contributed by atoms with Crippen LogP contribution in [0, 0.1) is 0 Å². The molecule has 1 aromatic rings. The van der Waals surface area contributed by atoms with Gasteiger partial charge in [0.1, 0.15) is 5.75 Å². The van der Waals surface area contributed by atoms with E-state index < -0.39 is 0 Å². The highest BCUT2D eigenvalue weighted by Crippen LogP contribution is 2.25. The van der Waals surface area contributed by atoms with Crippen molar-refractivity contribution < 1.29 is 9.53 Å². The van der Waals surface area contributed by atoms with Crippen LogP contribution in [0.2, 0.25) is 0 Å². The van der Waals surface area contributed by atoms with Crippen molar-refractivity contribution in [3.8, 4) is 5.75 Å². The standard InChI is InChI=1S/C13H20N2O2S/c1-9(2)15-13(16)8-18-7-10-4-5-11(14)6-12(10)17-3/h4-6,9H,7-8,14H2,1-3H3,(H,15,16). The van der Waals surface area contributed by atoms with Gasteiger partial charge in [-0.2, -0.15) is 0 Å². The monoisotopic (exact) mass is 268 g/mol. The van der Waals surface area contributed by atoms with Gasteiger partial charge in [-0.25, -0.2) is 0 Å². The molecule has 0 radical (unpaired) electrons. The van der Waals surface area contributed by atoms with Gasteiger partial charge in [0.05, 0.1) is 12.9 Å². The second kappa shape index (κ2) is 7.16. The number of thioether (sulfide) groups is 1. The fourth-order valence-corrected chi connectivity index (χ4v) is 2.33. The van der Waals surface area contributed by atoms with Gasteiger partial charge in [0.25, 0.3) is 0 Å². The minimum atomic E-state index is 0.0596. The van der Waals surface area contributed by atoms with Crippen molar-refractivity contribution in [2.75, 3.05) is 18.6 Å². The minimum Gasteiger partial charge on any atom is -0.496 e. The molecule has 1 aromatic carbocycles. The molecule has 4 nitrogen and oxygen atoms in total. The maximum Gasteiger partial charge on any atom is 0.230 e. The van der Waals surface area contributed by atoms with Gasteiger partial charge in [-0.3, -0.25) is 4.79 Å². The van der Waals surface area contributed by atoms with Crippen molar-refractivity contribution in [1.82, 2.24) is 5.32 Å². The van der Waals surface area contributed by atoms with E-state index >= 15 is 0 Å². The van der Waals surface area contributed by atoms with Crippen LogP contribution in [0.15, 0.2) is 18.2 Å². The lowest BCUT2D eigenvalue weighted by molar-refractivity contribution is -0.119. The molecule has 1 amide bonds. The molecular weight excluding hydrogens is 248 g/mol. The zero-order valence-electron chi connectivity index (χ0n) is 11.0. The number of benzene rings is 1. The number of methoxy groups -OCH3 is 1. The Labute approximate surface area is 112 Å². The number of hydrogen-bond acceptors (Lipinski definition) is 4. The van der Waals surface area contributed by atoms with Gasteiger partial charge >= 0.3 is 0 Å². The number of hydrogen-bond donors (Lipinski definition) is 2. The molecule has 0 saturated carbocycles. The molecule has 0 spiro atoms. The maximum atomic E-state index is 11.5. The molecule has 0 aromatic heterocycles. The van der Waals surface area contributed by atoms with E-state index in [1.165, 1.54) is 0 Å². The molecule has 100 valence electrons. The Balaban J connectivity index is 2.46. The van der Waals surface area contributed by atoms with Gasteiger partial charge in [-0.05, 0) is 19.9 Å². The van der Waals surface area contributed by atoms with Gasteiger partial charge in [0, 0.05) is 29.1 Å². The topological polar surface area (TPSA) is 64.3 Å². The summed E-state index contributed by atoms with van der Waals surface area (Å²) in [6, 6.07) is 5.75. The molecule has 3 N–H and O–H groups in total. The summed E-state index contributed by atoms with van der Waals surface area (Å²) in [5, 5.41) is 2.86. The highest BCUT2D eigenvalue weighted by Gasteiger charge is 2.06. The highest BCUT2D eigenvalue weighted by molar-refractivity contribution is 7.99. The molecule has 0 heterocycles. The van der Waals surface area contributed by atoms with Gasteiger partial charge in [0.15, 0.2) is 0 Å². The average Bonchev–Trinajstić information content (AvgIpc) is 2.30.